The molecule has 2 heterocycles. The number of hydrogen-bond donors (Lipinski definition) is 0. The Morgan fingerprint density at radius 3 is 2.58 bits per heavy atom. The van der Waals surface area contributed by atoms with Gasteiger partial charge < -0.3 is 9.47 Å². The molecule has 0 atom stereocenters. The number of rotatable bonds is 7. The van der Waals surface area contributed by atoms with Crippen LogP contribution in [0.1, 0.15) is 25.5 Å². The summed E-state index contributed by atoms with van der Waals surface area (Å²) in [5.41, 5.74) is 1.51. The van der Waals surface area contributed by atoms with Gasteiger partial charge in [0, 0.05) is 12.6 Å². The highest BCUT2D eigenvalue weighted by atomic mass is 32.1. The van der Waals surface area contributed by atoms with E-state index < -0.39 is 0 Å². The van der Waals surface area contributed by atoms with E-state index in [1.54, 1.807) is 25.3 Å². The van der Waals surface area contributed by atoms with Crippen LogP contribution in [0, 0.1) is 0 Å². The summed E-state index contributed by atoms with van der Waals surface area (Å²) in [6.07, 6.45) is 2.95. The molecule has 0 aliphatic carbocycles. The normalized spacial score (nSPS) is 10.7. The molecule has 3 rings (SSSR count). The highest BCUT2D eigenvalue weighted by Crippen LogP contribution is 2.40. The van der Waals surface area contributed by atoms with Crippen molar-refractivity contribution in [3.8, 4) is 11.5 Å². The van der Waals surface area contributed by atoms with Crippen molar-refractivity contribution in [2.24, 2.45) is 0 Å². The van der Waals surface area contributed by atoms with Crippen LogP contribution < -0.4 is 14.4 Å². The van der Waals surface area contributed by atoms with Crippen LogP contribution >= 0.6 is 11.3 Å². The minimum absolute atomic E-state index is 0.0233. The van der Waals surface area contributed by atoms with Gasteiger partial charge in [-0.25, -0.2) is 4.98 Å². The summed E-state index contributed by atoms with van der Waals surface area (Å²) in [7, 11) is 3.22. The van der Waals surface area contributed by atoms with Gasteiger partial charge >= 0.3 is 0 Å². The van der Waals surface area contributed by atoms with Gasteiger partial charge in [-0.2, -0.15) is 0 Å². The van der Waals surface area contributed by atoms with E-state index >= 15 is 0 Å². The van der Waals surface area contributed by atoms with Crippen molar-refractivity contribution in [3.05, 3.63) is 42.2 Å². The molecule has 0 fully saturated rings. The molecule has 136 valence electrons. The maximum Gasteiger partial charge on any atom is 0.229 e. The molecule has 6 nitrogen and oxygen atoms in total. The minimum atomic E-state index is 0.0233. The number of carbonyl (C=O) groups is 1. The smallest absolute Gasteiger partial charge is 0.229 e. The average Bonchev–Trinajstić information content (AvgIpc) is 3.11. The monoisotopic (exact) mass is 371 g/mol. The van der Waals surface area contributed by atoms with Gasteiger partial charge in [-0.05, 0) is 30.7 Å². The first-order chi connectivity index (χ1) is 12.7. The molecule has 0 N–H and O–H groups in total. The van der Waals surface area contributed by atoms with Crippen molar-refractivity contribution in [1.29, 1.82) is 0 Å². The molecule has 1 amide bonds. The summed E-state index contributed by atoms with van der Waals surface area (Å²) in [6.45, 7) is 2.37. The van der Waals surface area contributed by atoms with Crippen LogP contribution in [0.5, 0.6) is 11.5 Å². The summed E-state index contributed by atoms with van der Waals surface area (Å²) in [5.74, 6) is 1.39. The molecule has 3 aromatic rings. The van der Waals surface area contributed by atoms with Gasteiger partial charge in [-0.15, -0.1) is 0 Å². The van der Waals surface area contributed by atoms with Crippen LogP contribution in [0.3, 0.4) is 0 Å². The average molecular weight is 371 g/mol. The lowest BCUT2D eigenvalue weighted by Gasteiger charge is -2.19. The summed E-state index contributed by atoms with van der Waals surface area (Å²) in [5, 5.41) is 0.618. The van der Waals surface area contributed by atoms with Crippen LogP contribution in [0.25, 0.3) is 10.2 Å². The van der Waals surface area contributed by atoms with Crippen LogP contribution in [0.2, 0.25) is 0 Å². The Morgan fingerprint density at radius 2 is 1.92 bits per heavy atom. The number of anilines is 1. The molecule has 1 aromatic carbocycles. The predicted molar refractivity (Wildman–Crippen MR) is 103 cm³/mol. The molecule has 0 saturated carbocycles. The molecule has 0 bridgehead atoms. The Labute approximate surface area is 156 Å². The third kappa shape index (κ3) is 3.62. The first kappa shape index (κ1) is 18.1. The molecule has 0 radical (unpaired) electrons. The van der Waals surface area contributed by atoms with Gasteiger partial charge in [-0.3, -0.25) is 14.7 Å². The van der Waals surface area contributed by atoms with Crippen molar-refractivity contribution in [2.45, 2.75) is 26.3 Å². The lowest BCUT2D eigenvalue weighted by atomic mass is 10.2. The lowest BCUT2D eigenvalue weighted by molar-refractivity contribution is -0.118. The number of carbonyl (C=O) groups excluding carboxylic acids is 1. The summed E-state index contributed by atoms with van der Waals surface area (Å²) in [6, 6.07) is 9.34. The number of ether oxygens (including phenoxy) is 2. The van der Waals surface area contributed by atoms with E-state index in [0.717, 1.165) is 16.8 Å². The number of benzene rings is 1. The Morgan fingerprint density at radius 1 is 1.15 bits per heavy atom. The Bertz CT molecular complexity index is 855. The van der Waals surface area contributed by atoms with E-state index in [1.807, 2.05) is 37.3 Å². The number of thiazole rings is 1. The first-order valence-corrected chi connectivity index (χ1v) is 9.21. The number of fused-ring (bicyclic) bond motifs is 1. The number of amides is 1. The van der Waals surface area contributed by atoms with E-state index in [9.17, 15) is 4.79 Å². The van der Waals surface area contributed by atoms with E-state index in [2.05, 4.69) is 9.97 Å². The van der Waals surface area contributed by atoms with Gasteiger partial charge in [0.25, 0.3) is 0 Å². The molecule has 2 aromatic heterocycles. The maximum atomic E-state index is 12.7. The number of pyridine rings is 1. The molecular formula is C19H21N3O3S. The predicted octanol–water partition coefficient (Wildman–Crippen LogP) is 4.04. The van der Waals surface area contributed by atoms with Gasteiger partial charge in [-0.1, -0.05) is 24.3 Å². The molecular weight excluding hydrogens is 350 g/mol. The second kappa shape index (κ2) is 8.14. The maximum absolute atomic E-state index is 12.7. The Hall–Kier alpha value is -2.67. The molecule has 0 aliphatic rings. The third-order valence-corrected chi connectivity index (χ3v) is 5.03. The fourth-order valence-electron chi connectivity index (χ4n) is 2.65. The number of nitrogens with zero attached hydrogens (tertiary/aromatic N) is 3. The van der Waals surface area contributed by atoms with Gasteiger partial charge in [0.1, 0.15) is 21.7 Å². The molecule has 26 heavy (non-hydrogen) atoms. The van der Waals surface area contributed by atoms with Crippen molar-refractivity contribution in [1.82, 2.24) is 9.97 Å². The van der Waals surface area contributed by atoms with Crippen molar-refractivity contribution in [2.75, 3.05) is 19.1 Å². The van der Waals surface area contributed by atoms with Gasteiger partial charge in [0.05, 0.1) is 26.5 Å². The summed E-state index contributed by atoms with van der Waals surface area (Å²) >= 11 is 1.42. The zero-order valence-corrected chi connectivity index (χ0v) is 15.9. The van der Waals surface area contributed by atoms with E-state index in [4.69, 9.17) is 9.47 Å². The first-order valence-electron chi connectivity index (χ1n) is 8.39. The van der Waals surface area contributed by atoms with E-state index in [1.165, 1.54) is 11.3 Å². The van der Waals surface area contributed by atoms with Crippen LogP contribution in [0.4, 0.5) is 5.13 Å². The van der Waals surface area contributed by atoms with E-state index in [-0.39, 0.29) is 5.91 Å². The highest BCUT2D eigenvalue weighted by molar-refractivity contribution is 7.22. The second-order valence-electron chi connectivity index (χ2n) is 5.70. The molecule has 0 aliphatic heterocycles. The second-order valence-corrected chi connectivity index (χ2v) is 6.67. The van der Waals surface area contributed by atoms with Gasteiger partial charge in [0.2, 0.25) is 5.91 Å². The van der Waals surface area contributed by atoms with E-state index in [0.29, 0.717) is 35.1 Å². The highest BCUT2D eigenvalue weighted by Gasteiger charge is 2.22. The topological polar surface area (TPSA) is 64.6 Å². The minimum Gasteiger partial charge on any atom is -0.495 e. The molecule has 0 unspecified atom stereocenters. The fraction of sp³-hybridized carbons (Fsp3) is 0.316. The van der Waals surface area contributed by atoms with Crippen LogP contribution in [0.15, 0.2) is 36.5 Å². The Kier molecular flexibility index (Phi) is 5.68. The number of hydrogen-bond acceptors (Lipinski definition) is 6. The summed E-state index contributed by atoms with van der Waals surface area (Å²) < 4.78 is 11.7. The van der Waals surface area contributed by atoms with Crippen molar-refractivity contribution < 1.29 is 14.3 Å². The van der Waals surface area contributed by atoms with Crippen molar-refractivity contribution >= 4 is 32.6 Å². The lowest BCUT2D eigenvalue weighted by Crippen LogP contribution is -2.30. The standard InChI is InChI=1S/C19H21N3O3S/c1-4-7-16(23)22(12-13-8-5-6-11-20-13)19-21-17-14(24-2)9-10-15(25-3)18(17)26-19/h5-6,8-11H,4,7,12H2,1-3H3. The van der Waals surface area contributed by atoms with Gasteiger partial charge in [0.15, 0.2) is 5.13 Å². The third-order valence-electron chi connectivity index (χ3n) is 3.94. The SMILES string of the molecule is CCCC(=O)N(Cc1ccccn1)c1nc2c(OC)ccc(OC)c2s1. The fourth-order valence-corrected chi connectivity index (χ4v) is 3.75. The quantitative estimate of drug-likeness (QED) is 0.627. The van der Waals surface area contributed by atoms with Crippen molar-refractivity contribution in [3.63, 3.8) is 0 Å². The zero-order chi connectivity index (χ0) is 18.5. The van der Waals surface area contributed by atoms with Crippen LogP contribution in [-0.2, 0) is 11.3 Å². The molecule has 7 heteroatoms. The number of aromatic nitrogens is 2. The molecule has 0 spiro atoms. The molecule has 0 saturated heterocycles. The Balaban J connectivity index is 2.06. The summed E-state index contributed by atoms with van der Waals surface area (Å²) in [4.78, 5) is 23.5. The largest absolute Gasteiger partial charge is 0.495 e. The number of methoxy groups -OCH3 is 2. The van der Waals surface area contributed by atoms with Crippen LogP contribution in [-0.4, -0.2) is 30.1 Å². The zero-order valence-electron chi connectivity index (χ0n) is 15.1.